The highest BCUT2D eigenvalue weighted by atomic mass is 16.5. The first-order valence-electron chi connectivity index (χ1n) is 1.52. The van der Waals surface area contributed by atoms with Crippen LogP contribution in [0, 0.1) is 0 Å². The number of aliphatic hydroxyl groups excluding tert-OH is 1. The average molecular weight is 89.1 g/mol. The zero-order valence-electron chi connectivity index (χ0n) is 3.20. The lowest BCUT2D eigenvalue weighted by atomic mass is 10.6. The summed E-state index contributed by atoms with van der Waals surface area (Å²) >= 11 is 0. The van der Waals surface area contributed by atoms with Crippen LogP contribution in [0.15, 0.2) is 12.3 Å². The summed E-state index contributed by atoms with van der Waals surface area (Å²) in [6.45, 7) is 0. The molecule has 0 amide bonds. The first-order chi connectivity index (χ1) is 2.77. The summed E-state index contributed by atoms with van der Waals surface area (Å²) in [6, 6.07) is 0. The van der Waals surface area contributed by atoms with Gasteiger partial charge in [0.1, 0.15) is 0 Å². The van der Waals surface area contributed by atoms with Gasteiger partial charge in [-0.3, -0.25) is 0 Å². The Bertz CT molecular complexity index is 50.8. The SMILES string of the molecule is N/C=C\C(O)O. The van der Waals surface area contributed by atoms with Gasteiger partial charge in [0.25, 0.3) is 0 Å². The van der Waals surface area contributed by atoms with E-state index in [0.29, 0.717) is 0 Å². The van der Waals surface area contributed by atoms with Crippen molar-refractivity contribution in [3.8, 4) is 0 Å². The second-order valence-electron chi connectivity index (χ2n) is 0.799. The summed E-state index contributed by atoms with van der Waals surface area (Å²) in [6.07, 6.45) is 0.722. The second kappa shape index (κ2) is 2.68. The molecule has 0 atom stereocenters. The van der Waals surface area contributed by atoms with Crippen LogP contribution in [0.3, 0.4) is 0 Å². The van der Waals surface area contributed by atoms with Gasteiger partial charge in [-0.1, -0.05) is 0 Å². The Balaban J connectivity index is 3.03. The fourth-order valence-corrected chi connectivity index (χ4v) is 0.0994. The van der Waals surface area contributed by atoms with E-state index in [1.54, 1.807) is 0 Å². The first kappa shape index (κ1) is 5.46. The van der Waals surface area contributed by atoms with Crippen molar-refractivity contribution in [2.45, 2.75) is 6.29 Å². The van der Waals surface area contributed by atoms with Gasteiger partial charge in [0.05, 0.1) is 0 Å². The van der Waals surface area contributed by atoms with Crippen LogP contribution in [0.2, 0.25) is 0 Å². The number of aliphatic hydroxyl groups is 2. The number of hydrogen-bond donors (Lipinski definition) is 3. The van der Waals surface area contributed by atoms with Crippen molar-refractivity contribution in [3.05, 3.63) is 12.3 Å². The van der Waals surface area contributed by atoms with Crippen LogP contribution in [0.5, 0.6) is 0 Å². The van der Waals surface area contributed by atoms with Crippen LogP contribution in [-0.2, 0) is 0 Å². The minimum atomic E-state index is -1.41. The molecule has 0 bridgehead atoms. The molecule has 0 aromatic rings. The Labute approximate surface area is 35.7 Å². The monoisotopic (exact) mass is 89.0 g/mol. The molecule has 0 rings (SSSR count). The maximum atomic E-state index is 7.94. The normalized spacial score (nSPS) is 11.2. The maximum absolute atomic E-state index is 7.94. The summed E-state index contributed by atoms with van der Waals surface area (Å²) in [7, 11) is 0. The minimum absolute atomic E-state index is 1.06. The Morgan fingerprint density at radius 3 is 2.00 bits per heavy atom. The highest BCUT2D eigenvalue weighted by molar-refractivity contribution is 4.76. The summed E-state index contributed by atoms with van der Waals surface area (Å²) in [5.41, 5.74) is 4.73. The van der Waals surface area contributed by atoms with Crippen LogP contribution >= 0.6 is 0 Å². The third-order valence-electron chi connectivity index (χ3n) is 0.283. The zero-order valence-corrected chi connectivity index (χ0v) is 3.20. The molecule has 0 aliphatic rings. The van der Waals surface area contributed by atoms with Crippen molar-refractivity contribution in [2.24, 2.45) is 5.73 Å². The fraction of sp³-hybridized carbons (Fsp3) is 0.333. The van der Waals surface area contributed by atoms with Gasteiger partial charge < -0.3 is 15.9 Å². The molecule has 0 saturated heterocycles. The third kappa shape index (κ3) is 3.46. The topological polar surface area (TPSA) is 66.5 Å². The van der Waals surface area contributed by atoms with E-state index in [2.05, 4.69) is 0 Å². The molecule has 4 N–H and O–H groups in total. The molecule has 0 fully saturated rings. The molecule has 0 aliphatic heterocycles. The summed E-state index contributed by atoms with van der Waals surface area (Å²) < 4.78 is 0. The van der Waals surface area contributed by atoms with Gasteiger partial charge >= 0.3 is 0 Å². The molecule has 3 heteroatoms. The lowest BCUT2D eigenvalue weighted by Gasteiger charge is -1.86. The van der Waals surface area contributed by atoms with Gasteiger partial charge in [-0.15, -0.1) is 0 Å². The Morgan fingerprint density at radius 1 is 1.50 bits per heavy atom. The van der Waals surface area contributed by atoms with E-state index in [1.807, 2.05) is 0 Å². The van der Waals surface area contributed by atoms with E-state index in [0.717, 1.165) is 12.3 Å². The molecule has 0 radical (unpaired) electrons. The van der Waals surface area contributed by atoms with E-state index in [-0.39, 0.29) is 0 Å². The van der Waals surface area contributed by atoms with Crippen molar-refractivity contribution in [2.75, 3.05) is 0 Å². The number of rotatable bonds is 1. The zero-order chi connectivity index (χ0) is 4.99. The van der Waals surface area contributed by atoms with Crippen LogP contribution < -0.4 is 5.73 Å². The fourth-order valence-electron chi connectivity index (χ4n) is 0.0994. The van der Waals surface area contributed by atoms with Crippen LogP contribution in [0.1, 0.15) is 0 Å². The Morgan fingerprint density at radius 2 is 2.00 bits per heavy atom. The molecule has 3 nitrogen and oxygen atoms in total. The third-order valence-corrected chi connectivity index (χ3v) is 0.283. The van der Waals surface area contributed by atoms with Crippen molar-refractivity contribution >= 4 is 0 Å². The van der Waals surface area contributed by atoms with Crippen molar-refractivity contribution < 1.29 is 10.2 Å². The molecule has 36 valence electrons. The van der Waals surface area contributed by atoms with Gasteiger partial charge in [-0.2, -0.15) is 0 Å². The summed E-state index contributed by atoms with van der Waals surface area (Å²) in [5.74, 6) is 0. The first-order valence-corrected chi connectivity index (χ1v) is 1.52. The summed E-state index contributed by atoms with van der Waals surface area (Å²) in [4.78, 5) is 0. The lowest BCUT2D eigenvalue weighted by molar-refractivity contribution is 0.00224. The molecule has 0 heterocycles. The molecule has 0 unspecified atom stereocenters. The predicted molar refractivity (Wildman–Crippen MR) is 21.6 cm³/mol. The van der Waals surface area contributed by atoms with Gasteiger partial charge in [0.15, 0.2) is 6.29 Å². The van der Waals surface area contributed by atoms with E-state index in [1.165, 1.54) is 0 Å². The molecule has 6 heavy (non-hydrogen) atoms. The highest BCUT2D eigenvalue weighted by Gasteiger charge is 1.80. The quantitative estimate of drug-likeness (QED) is 0.352. The molecule has 0 aromatic carbocycles. The summed E-state index contributed by atoms with van der Waals surface area (Å²) in [5, 5.41) is 15.9. The maximum Gasteiger partial charge on any atom is 0.172 e. The average Bonchev–Trinajstić information content (AvgIpc) is 1.35. The van der Waals surface area contributed by atoms with Crippen molar-refractivity contribution in [1.82, 2.24) is 0 Å². The second-order valence-corrected chi connectivity index (χ2v) is 0.799. The van der Waals surface area contributed by atoms with E-state index >= 15 is 0 Å². The molecule has 0 spiro atoms. The molecule has 0 saturated carbocycles. The number of nitrogens with two attached hydrogens (primary N) is 1. The molecular weight excluding hydrogens is 82.0 g/mol. The van der Waals surface area contributed by atoms with Gasteiger partial charge in [-0.25, -0.2) is 0 Å². The molecular formula is C3H7NO2. The Kier molecular flexibility index (Phi) is 2.44. The smallest absolute Gasteiger partial charge is 0.172 e. The van der Waals surface area contributed by atoms with Crippen molar-refractivity contribution in [3.63, 3.8) is 0 Å². The highest BCUT2D eigenvalue weighted by Crippen LogP contribution is 1.70. The van der Waals surface area contributed by atoms with Crippen LogP contribution in [0.25, 0.3) is 0 Å². The molecule has 0 aromatic heterocycles. The van der Waals surface area contributed by atoms with Gasteiger partial charge in [-0.05, 0) is 12.3 Å². The van der Waals surface area contributed by atoms with Crippen LogP contribution in [0.4, 0.5) is 0 Å². The largest absolute Gasteiger partial charge is 0.405 e. The van der Waals surface area contributed by atoms with Gasteiger partial charge in [0.2, 0.25) is 0 Å². The molecule has 0 aliphatic carbocycles. The standard InChI is InChI=1S/C3H7NO2/c4-2-1-3(5)6/h1-3,5-6H,4H2/b2-1-. The van der Waals surface area contributed by atoms with E-state index in [9.17, 15) is 0 Å². The van der Waals surface area contributed by atoms with Crippen LogP contribution in [-0.4, -0.2) is 16.5 Å². The number of hydrogen-bond acceptors (Lipinski definition) is 3. The van der Waals surface area contributed by atoms with E-state index in [4.69, 9.17) is 15.9 Å². The van der Waals surface area contributed by atoms with Gasteiger partial charge in [0, 0.05) is 0 Å². The minimum Gasteiger partial charge on any atom is -0.405 e. The lowest BCUT2D eigenvalue weighted by Crippen LogP contribution is -1.98. The Hall–Kier alpha value is -0.540. The predicted octanol–water partition coefficient (Wildman–Crippen LogP) is -1.23. The van der Waals surface area contributed by atoms with E-state index < -0.39 is 6.29 Å². The van der Waals surface area contributed by atoms with Crippen molar-refractivity contribution in [1.29, 1.82) is 0 Å².